The molecule has 3 aromatic rings. The molecule has 1 aliphatic rings. The van der Waals surface area contributed by atoms with Crippen LogP contribution in [0.5, 0.6) is 5.75 Å². The van der Waals surface area contributed by atoms with Gasteiger partial charge in [-0.05, 0) is 13.0 Å². The Labute approximate surface area is 151 Å². The predicted octanol–water partition coefficient (Wildman–Crippen LogP) is 2.79. The number of aryl methyl sites for hydroxylation is 1. The number of hydrogen-bond acceptors (Lipinski definition) is 7. The van der Waals surface area contributed by atoms with Gasteiger partial charge in [-0.25, -0.2) is 19.9 Å². The Morgan fingerprint density at radius 1 is 1.15 bits per heavy atom. The van der Waals surface area contributed by atoms with Crippen LogP contribution < -0.4 is 10.1 Å². The third-order valence-corrected chi connectivity index (χ3v) is 4.46. The molecule has 0 spiro atoms. The lowest BCUT2D eigenvalue weighted by Crippen LogP contribution is -2.12. The summed E-state index contributed by atoms with van der Waals surface area (Å²) in [5, 5.41) is 3.39. The van der Waals surface area contributed by atoms with E-state index < -0.39 is 0 Å². The molecule has 3 aromatic heterocycles. The molecule has 1 N–H and O–H groups in total. The molecule has 7 nitrogen and oxygen atoms in total. The summed E-state index contributed by atoms with van der Waals surface area (Å²) in [6.07, 6.45) is 7.84. The summed E-state index contributed by atoms with van der Waals surface area (Å²) in [4.78, 5) is 21.5. The smallest absolute Gasteiger partial charge is 0.144 e. The van der Waals surface area contributed by atoms with Crippen molar-refractivity contribution in [3.8, 4) is 17.0 Å². The molecule has 1 unspecified atom stereocenters. The first-order valence-corrected chi connectivity index (χ1v) is 8.66. The highest BCUT2D eigenvalue weighted by Gasteiger charge is 2.20. The van der Waals surface area contributed by atoms with Crippen LogP contribution in [0.3, 0.4) is 0 Å². The van der Waals surface area contributed by atoms with E-state index in [1.54, 1.807) is 18.7 Å². The number of aromatic nitrogens is 5. The fourth-order valence-corrected chi connectivity index (χ4v) is 3.00. The Hall–Kier alpha value is -3.09. The van der Waals surface area contributed by atoms with E-state index in [4.69, 9.17) is 4.74 Å². The molecule has 0 saturated carbocycles. The molecule has 0 fully saturated rings. The topological polar surface area (TPSA) is 85.7 Å². The van der Waals surface area contributed by atoms with Crippen LogP contribution in [0.4, 0.5) is 5.82 Å². The number of nitrogens with zero attached hydrogens (tertiary/aromatic N) is 5. The Bertz CT molecular complexity index is 912. The van der Waals surface area contributed by atoms with Gasteiger partial charge in [0.25, 0.3) is 0 Å². The number of hydrogen-bond donors (Lipinski definition) is 1. The predicted molar refractivity (Wildman–Crippen MR) is 98.1 cm³/mol. The van der Waals surface area contributed by atoms with Gasteiger partial charge in [0.15, 0.2) is 0 Å². The van der Waals surface area contributed by atoms with Gasteiger partial charge in [-0.3, -0.25) is 4.98 Å². The standard InChI is InChI=1S/C19H20N6O/c1-12(15-3-5-20-16-4-6-26-19(15)16)8-23-18-7-17(24-11-25-18)14-9-21-13(2)22-10-14/h3,5,7,9-12H,4,6,8H2,1-2H3,(H,23,24,25). The van der Waals surface area contributed by atoms with Crippen molar-refractivity contribution in [3.05, 3.63) is 54.1 Å². The second-order valence-electron chi connectivity index (χ2n) is 6.36. The van der Waals surface area contributed by atoms with E-state index >= 15 is 0 Å². The van der Waals surface area contributed by atoms with E-state index in [0.29, 0.717) is 6.61 Å². The maximum absolute atomic E-state index is 5.76. The Balaban J connectivity index is 1.47. The lowest BCUT2D eigenvalue weighted by molar-refractivity contribution is 0.352. The second kappa shape index (κ2) is 7.03. The van der Waals surface area contributed by atoms with Crippen molar-refractivity contribution in [1.29, 1.82) is 0 Å². The molecule has 7 heteroatoms. The van der Waals surface area contributed by atoms with Crippen LogP contribution in [-0.2, 0) is 6.42 Å². The van der Waals surface area contributed by atoms with Gasteiger partial charge in [-0.1, -0.05) is 6.92 Å². The summed E-state index contributed by atoms with van der Waals surface area (Å²) in [6.45, 7) is 5.48. The van der Waals surface area contributed by atoms with Crippen molar-refractivity contribution in [3.63, 3.8) is 0 Å². The van der Waals surface area contributed by atoms with Gasteiger partial charge < -0.3 is 10.1 Å². The van der Waals surface area contributed by atoms with Crippen molar-refractivity contribution in [2.24, 2.45) is 0 Å². The van der Waals surface area contributed by atoms with E-state index in [1.807, 2.05) is 25.3 Å². The average molecular weight is 348 g/mol. The van der Waals surface area contributed by atoms with Crippen molar-refractivity contribution >= 4 is 5.82 Å². The minimum atomic E-state index is 0.269. The normalized spacial score (nSPS) is 13.8. The minimum absolute atomic E-state index is 0.269. The molecule has 4 heterocycles. The monoisotopic (exact) mass is 348 g/mol. The molecule has 4 rings (SSSR count). The molecular weight excluding hydrogens is 328 g/mol. The largest absolute Gasteiger partial charge is 0.491 e. The van der Waals surface area contributed by atoms with Gasteiger partial charge in [-0.15, -0.1) is 0 Å². The van der Waals surface area contributed by atoms with E-state index in [-0.39, 0.29) is 5.92 Å². The quantitative estimate of drug-likeness (QED) is 0.759. The highest BCUT2D eigenvalue weighted by molar-refractivity contribution is 5.60. The Morgan fingerprint density at radius 3 is 2.85 bits per heavy atom. The number of rotatable bonds is 5. The zero-order valence-corrected chi connectivity index (χ0v) is 14.8. The van der Waals surface area contributed by atoms with Gasteiger partial charge in [0.1, 0.15) is 23.7 Å². The molecule has 0 saturated heterocycles. The fourth-order valence-electron chi connectivity index (χ4n) is 3.00. The molecule has 0 amide bonds. The highest BCUT2D eigenvalue weighted by Crippen LogP contribution is 2.32. The molecule has 0 aliphatic carbocycles. The number of ether oxygens (including phenoxy) is 1. The van der Waals surface area contributed by atoms with Crippen LogP contribution in [0.1, 0.15) is 29.9 Å². The van der Waals surface area contributed by atoms with E-state index in [2.05, 4.69) is 37.2 Å². The number of fused-ring (bicyclic) bond motifs is 1. The summed E-state index contributed by atoms with van der Waals surface area (Å²) in [7, 11) is 0. The number of anilines is 1. The third-order valence-electron chi connectivity index (χ3n) is 4.46. The fraction of sp³-hybridized carbons (Fsp3) is 0.316. The van der Waals surface area contributed by atoms with Crippen LogP contribution in [0.2, 0.25) is 0 Å². The zero-order chi connectivity index (χ0) is 17.9. The Morgan fingerprint density at radius 2 is 2.00 bits per heavy atom. The maximum Gasteiger partial charge on any atom is 0.144 e. The summed E-state index contributed by atoms with van der Waals surface area (Å²) < 4.78 is 5.76. The van der Waals surface area contributed by atoms with Gasteiger partial charge in [0.2, 0.25) is 0 Å². The third kappa shape index (κ3) is 3.33. The second-order valence-corrected chi connectivity index (χ2v) is 6.36. The first-order chi connectivity index (χ1) is 12.7. The van der Waals surface area contributed by atoms with Crippen molar-refractivity contribution in [2.75, 3.05) is 18.5 Å². The molecule has 1 atom stereocenters. The minimum Gasteiger partial charge on any atom is -0.491 e. The molecule has 1 aliphatic heterocycles. The Kier molecular flexibility index (Phi) is 4.43. The number of nitrogens with one attached hydrogen (secondary N) is 1. The van der Waals surface area contributed by atoms with E-state index in [9.17, 15) is 0 Å². The average Bonchev–Trinajstić information content (AvgIpc) is 3.16. The van der Waals surface area contributed by atoms with Gasteiger partial charge in [0, 0.05) is 54.7 Å². The van der Waals surface area contributed by atoms with E-state index in [1.165, 1.54) is 5.56 Å². The van der Waals surface area contributed by atoms with E-state index in [0.717, 1.165) is 47.3 Å². The molecule has 0 aromatic carbocycles. The SMILES string of the molecule is Cc1ncc(-c2cc(NCC(C)c3ccnc4c3OCC4)ncn2)cn1. The lowest BCUT2D eigenvalue weighted by atomic mass is 10.00. The summed E-state index contributed by atoms with van der Waals surface area (Å²) in [5.41, 5.74) is 3.90. The number of pyridine rings is 1. The van der Waals surface area contributed by atoms with Crippen molar-refractivity contribution < 1.29 is 4.74 Å². The zero-order valence-electron chi connectivity index (χ0n) is 14.8. The van der Waals surface area contributed by atoms with Crippen LogP contribution in [0.25, 0.3) is 11.3 Å². The molecule has 0 bridgehead atoms. The summed E-state index contributed by atoms with van der Waals surface area (Å²) in [6, 6.07) is 3.94. The van der Waals surface area contributed by atoms with Gasteiger partial charge in [0.05, 0.1) is 18.0 Å². The molecule has 26 heavy (non-hydrogen) atoms. The van der Waals surface area contributed by atoms with Crippen LogP contribution >= 0.6 is 0 Å². The molecule has 0 radical (unpaired) electrons. The first-order valence-electron chi connectivity index (χ1n) is 8.66. The van der Waals surface area contributed by atoms with Gasteiger partial charge >= 0.3 is 0 Å². The lowest BCUT2D eigenvalue weighted by Gasteiger charge is -2.16. The van der Waals surface area contributed by atoms with Crippen LogP contribution in [0, 0.1) is 6.92 Å². The highest BCUT2D eigenvalue weighted by atomic mass is 16.5. The van der Waals surface area contributed by atoms with Gasteiger partial charge in [-0.2, -0.15) is 0 Å². The first kappa shape index (κ1) is 16.4. The maximum atomic E-state index is 5.76. The van der Waals surface area contributed by atoms with Crippen LogP contribution in [-0.4, -0.2) is 38.1 Å². The van der Waals surface area contributed by atoms with Crippen molar-refractivity contribution in [1.82, 2.24) is 24.9 Å². The molecular formula is C19H20N6O. The summed E-state index contributed by atoms with van der Waals surface area (Å²) in [5.74, 6) is 2.73. The van der Waals surface area contributed by atoms with Crippen molar-refractivity contribution in [2.45, 2.75) is 26.2 Å². The molecule has 132 valence electrons. The van der Waals surface area contributed by atoms with Crippen LogP contribution in [0.15, 0.2) is 37.1 Å². The summed E-state index contributed by atoms with van der Waals surface area (Å²) >= 11 is 0.